The third-order valence-electron chi connectivity index (χ3n) is 6.81. The zero-order valence-electron chi connectivity index (χ0n) is 21.7. The van der Waals surface area contributed by atoms with Crippen molar-refractivity contribution in [2.24, 2.45) is 4.99 Å². The summed E-state index contributed by atoms with van der Waals surface area (Å²) in [7, 11) is 1.34. The Morgan fingerprint density at radius 1 is 1.02 bits per heavy atom. The number of fused-ring (bicyclic) bond motifs is 1. The first kappa shape index (κ1) is 28.7. The smallest absolute Gasteiger partial charge is 0.416 e. The lowest BCUT2D eigenvalue weighted by Crippen LogP contribution is -2.38. The van der Waals surface area contributed by atoms with Crippen LogP contribution in [0.4, 0.5) is 26.3 Å². The van der Waals surface area contributed by atoms with Crippen molar-refractivity contribution in [2.45, 2.75) is 38.5 Å². The molecule has 0 aliphatic carbocycles. The highest BCUT2D eigenvalue weighted by molar-refractivity contribution is 8.18. The van der Waals surface area contributed by atoms with E-state index in [1.54, 1.807) is 18.2 Å². The van der Waals surface area contributed by atoms with Gasteiger partial charge in [-0.05, 0) is 66.7 Å². The second-order valence-electron chi connectivity index (χ2n) is 9.37. The lowest BCUT2D eigenvalue weighted by molar-refractivity contribution is -0.143. The van der Waals surface area contributed by atoms with Crippen LogP contribution in [0.3, 0.4) is 0 Å². The molecule has 3 aromatic rings. The Morgan fingerprint density at radius 2 is 1.80 bits per heavy atom. The van der Waals surface area contributed by atoms with E-state index in [-0.39, 0.29) is 29.5 Å². The van der Waals surface area contributed by atoms with E-state index in [1.165, 1.54) is 24.9 Å². The number of methoxy groups -OCH3 is 1. The van der Waals surface area contributed by atoms with Crippen molar-refractivity contribution < 1.29 is 40.6 Å². The summed E-state index contributed by atoms with van der Waals surface area (Å²) in [4.78, 5) is 19.4. The first-order chi connectivity index (χ1) is 19.3. The number of amides is 1. The molecule has 41 heavy (non-hydrogen) atoms. The van der Waals surface area contributed by atoms with Gasteiger partial charge in [0.15, 0.2) is 16.7 Å². The molecule has 1 unspecified atom stereocenters. The molecule has 2 aliphatic heterocycles. The highest BCUT2D eigenvalue weighted by atomic mass is 32.2. The largest absolute Gasteiger partial charge is 0.493 e. The number of hydrogen-bond donors (Lipinski definition) is 0. The van der Waals surface area contributed by atoms with Crippen molar-refractivity contribution >= 4 is 28.9 Å². The summed E-state index contributed by atoms with van der Waals surface area (Å²) in [5.41, 5.74) is -1.61. The predicted octanol–water partition coefficient (Wildman–Crippen LogP) is 7.16. The maximum Gasteiger partial charge on any atom is 0.416 e. The van der Waals surface area contributed by atoms with E-state index in [9.17, 15) is 31.1 Å². The van der Waals surface area contributed by atoms with Crippen LogP contribution in [0.25, 0.3) is 6.08 Å². The van der Waals surface area contributed by atoms with Gasteiger partial charge in [-0.15, -0.1) is 0 Å². The number of aliphatic imine (C=N–C) groups is 1. The quantitative estimate of drug-likeness (QED) is 0.232. The van der Waals surface area contributed by atoms with Gasteiger partial charge in [0, 0.05) is 30.5 Å². The SMILES string of the molecule is COc1cc(/C=C2/SC(N3CCn4cccc4C3C)=NC2=O)ccc1OCc1ccc(C(F)(F)F)cc1C(F)(F)F. The zero-order valence-corrected chi connectivity index (χ0v) is 22.5. The molecular formula is C28H23F6N3O3S. The molecule has 0 saturated heterocycles. The number of hydrogen-bond acceptors (Lipinski definition) is 5. The van der Waals surface area contributed by atoms with Crippen molar-refractivity contribution in [3.8, 4) is 11.5 Å². The van der Waals surface area contributed by atoms with E-state index in [0.717, 1.165) is 18.3 Å². The molecule has 0 spiro atoms. The van der Waals surface area contributed by atoms with E-state index in [0.29, 0.717) is 28.2 Å². The van der Waals surface area contributed by atoms with Gasteiger partial charge in [0.05, 0.1) is 29.2 Å². The van der Waals surface area contributed by atoms with Gasteiger partial charge < -0.3 is 18.9 Å². The number of alkyl halides is 6. The Kier molecular flexibility index (Phi) is 7.58. The van der Waals surface area contributed by atoms with Crippen LogP contribution in [-0.2, 0) is 30.3 Å². The number of carbonyl (C=O) groups is 1. The zero-order chi connectivity index (χ0) is 29.5. The van der Waals surface area contributed by atoms with Crippen LogP contribution >= 0.6 is 11.8 Å². The van der Waals surface area contributed by atoms with Crippen molar-refractivity contribution in [3.63, 3.8) is 0 Å². The lowest BCUT2D eigenvalue weighted by Gasteiger charge is -2.35. The average Bonchev–Trinajstić information content (AvgIpc) is 3.54. The Hall–Kier alpha value is -3.87. The van der Waals surface area contributed by atoms with Crippen molar-refractivity contribution in [1.29, 1.82) is 0 Å². The molecule has 2 aromatic carbocycles. The summed E-state index contributed by atoms with van der Waals surface area (Å²) in [6.07, 6.45) is -6.29. The van der Waals surface area contributed by atoms with Crippen LogP contribution in [0.1, 0.15) is 40.9 Å². The minimum Gasteiger partial charge on any atom is -0.493 e. The molecule has 0 bridgehead atoms. The van der Waals surface area contributed by atoms with Crippen LogP contribution in [0.2, 0.25) is 0 Å². The maximum atomic E-state index is 13.5. The van der Waals surface area contributed by atoms with E-state index in [2.05, 4.69) is 14.5 Å². The van der Waals surface area contributed by atoms with Crippen LogP contribution in [0.15, 0.2) is 64.6 Å². The van der Waals surface area contributed by atoms with Crippen LogP contribution < -0.4 is 9.47 Å². The number of rotatable bonds is 5. The highest BCUT2D eigenvalue weighted by Crippen LogP contribution is 2.39. The Labute approximate surface area is 235 Å². The predicted molar refractivity (Wildman–Crippen MR) is 141 cm³/mol. The first-order valence-corrected chi connectivity index (χ1v) is 13.2. The van der Waals surface area contributed by atoms with Crippen LogP contribution in [-0.4, -0.2) is 34.2 Å². The van der Waals surface area contributed by atoms with E-state index in [1.807, 2.05) is 25.3 Å². The third-order valence-corrected chi connectivity index (χ3v) is 7.83. The fraction of sp³-hybridized carbons (Fsp3) is 0.286. The first-order valence-electron chi connectivity index (χ1n) is 12.4. The summed E-state index contributed by atoms with van der Waals surface area (Å²) in [6.45, 7) is 2.87. The molecule has 216 valence electrons. The molecule has 0 N–H and O–H groups in total. The second-order valence-corrected chi connectivity index (χ2v) is 10.4. The number of thioether (sulfide) groups is 1. The number of carbonyl (C=O) groups excluding carboxylic acids is 1. The minimum atomic E-state index is -5.01. The van der Waals surface area contributed by atoms with Gasteiger partial charge in [0.1, 0.15) is 6.61 Å². The van der Waals surface area contributed by atoms with Gasteiger partial charge in [-0.1, -0.05) is 12.1 Å². The molecule has 13 heteroatoms. The van der Waals surface area contributed by atoms with Gasteiger partial charge in [0.2, 0.25) is 0 Å². The van der Waals surface area contributed by atoms with Crippen molar-refractivity contribution in [2.75, 3.05) is 13.7 Å². The fourth-order valence-corrected chi connectivity index (χ4v) is 5.72. The summed E-state index contributed by atoms with van der Waals surface area (Å²) >= 11 is 1.25. The molecule has 1 aromatic heterocycles. The van der Waals surface area contributed by atoms with Crippen molar-refractivity contribution in [3.05, 3.63) is 87.6 Å². The van der Waals surface area contributed by atoms with E-state index < -0.39 is 35.6 Å². The minimum absolute atomic E-state index is 0.0382. The van der Waals surface area contributed by atoms with Gasteiger partial charge in [0.25, 0.3) is 5.91 Å². The average molecular weight is 596 g/mol. The lowest BCUT2D eigenvalue weighted by atomic mass is 10.0. The second kappa shape index (κ2) is 10.8. The van der Waals surface area contributed by atoms with Crippen molar-refractivity contribution in [1.82, 2.24) is 9.47 Å². The standard InChI is InChI=1S/C28H23F6N3O3S/c1-16-21-4-3-9-36(21)10-11-37(16)26-35-25(38)24(41-26)13-17-5-8-22(23(12-17)39-2)40-15-18-6-7-19(27(29,30)31)14-20(18)28(32,33)34/h3-9,12-14,16H,10-11,15H2,1-2H3/b24-13+. The summed E-state index contributed by atoms with van der Waals surface area (Å²) in [6, 6.07) is 10.0. The summed E-state index contributed by atoms with van der Waals surface area (Å²) in [5.74, 6) is -0.142. The Morgan fingerprint density at radius 3 is 2.51 bits per heavy atom. The normalized spacial score (nSPS) is 18.5. The van der Waals surface area contributed by atoms with E-state index in [4.69, 9.17) is 9.47 Å². The van der Waals surface area contributed by atoms with Crippen LogP contribution in [0, 0.1) is 0 Å². The molecule has 3 heterocycles. The molecule has 6 nitrogen and oxygen atoms in total. The molecule has 5 rings (SSSR count). The monoisotopic (exact) mass is 595 g/mol. The molecule has 0 saturated carbocycles. The topological polar surface area (TPSA) is 56.1 Å². The molecule has 0 fully saturated rings. The number of benzene rings is 2. The molecule has 0 radical (unpaired) electrons. The van der Waals surface area contributed by atoms with Gasteiger partial charge in [-0.25, -0.2) is 0 Å². The fourth-order valence-electron chi connectivity index (χ4n) is 4.70. The number of amidine groups is 1. The maximum absolute atomic E-state index is 13.5. The summed E-state index contributed by atoms with van der Waals surface area (Å²) in [5, 5.41) is 0.602. The number of nitrogens with zero attached hydrogens (tertiary/aromatic N) is 3. The van der Waals surface area contributed by atoms with Crippen LogP contribution in [0.5, 0.6) is 11.5 Å². The Bertz CT molecular complexity index is 1540. The number of ether oxygens (including phenoxy) is 2. The number of halogens is 6. The van der Waals surface area contributed by atoms with E-state index >= 15 is 0 Å². The highest BCUT2D eigenvalue weighted by Gasteiger charge is 2.38. The van der Waals surface area contributed by atoms with Gasteiger partial charge in [-0.2, -0.15) is 31.3 Å². The number of aromatic nitrogens is 1. The Balaban J connectivity index is 1.31. The molecule has 1 amide bonds. The molecule has 2 aliphatic rings. The van der Waals surface area contributed by atoms with Gasteiger partial charge >= 0.3 is 12.4 Å². The molecule has 1 atom stereocenters. The summed E-state index contributed by atoms with van der Waals surface area (Å²) < 4.78 is 92.4. The molecular weight excluding hydrogens is 572 g/mol. The third kappa shape index (κ3) is 5.95. The van der Waals surface area contributed by atoms with Gasteiger partial charge in [-0.3, -0.25) is 4.79 Å².